The third-order valence-corrected chi connectivity index (χ3v) is 3.89. The molecule has 1 N–H and O–H groups in total. The zero-order valence-electron chi connectivity index (χ0n) is 14.2. The lowest BCUT2D eigenvalue weighted by Gasteiger charge is -2.13. The molecule has 7 heteroatoms. The number of cyclic esters (lactones) is 1. The lowest BCUT2D eigenvalue weighted by Crippen LogP contribution is -2.33. The van der Waals surface area contributed by atoms with Gasteiger partial charge in [-0.25, -0.2) is 9.18 Å². The van der Waals surface area contributed by atoms with Crippen LogP contribution in [-0.2, 0) is 9.53 Å². The summed E-state index contributed by atoms with van der Waals surface area (Å²) in [5, 5.41) is 2.60. The highest BCUT2D eigenvalue weighted by atomic mass is 19.1. The van der Waals surface area contributed by atoms with Crippen LogP contribution < -0.4 is 10.2 Å². The monoisotopic (exact) mass is 355 g/mol. The fourth-order valence-corrected chi connectivity index (χ4v) is 2.58. The Balaban J connectivity index is 1.70. The molecule has 0 bridgehead atoms. The van der Waals surface area contributed by atoms with Gasteiger partial charge in [-0.3, -0.25) is 14.7 Å². The molecule has 2 heterocycles. The molecule has 0 spiro atoms. The predicted octanol–water partition coefficient (Wildman–Crippen LogP) is 2.85. The van der Waals surface area contributed by atoms with Gasteiger partial charge in [0.25, 0.3) is 0 Å². The molecule has 1 aromatic heterocycles. The molecule has 1 aromatic carbocycles. The lowest BCUT2D eigenvalue weighted by molar-refractivity contribution is -0.119. The Bertz CT molecular complexity index is 839. The smallest absolute Gasteiger partial charge is 0.414 e. The molecule has 2 aromatic rings. The van der Waals surface area contributed by atoms with E-state index in [4.69, 9.17) is 4.74 Å². The van der Waals surface area contributed by atoms with Gasteiger partial charge in [0.05, 0.1) is 18.8 Å². The number of carbonyl (C=O) groups excluding carboxylic acids is 2. The molecule has 0 saturated carbocycles. The van der Waals surface area contributed by atoms with Gasteiger partial charge < -0.3 is 10.1 Å². The largest absolute Gasteiger partial charge is 0.442 e. The molecular formula is C19H18FN3O3. The number of nitrogens with zero attached hydrogens (tertiary/aromatic N) is 2. The molecule has 1 saturated heterocycles. The van der Waals surface area contributed by atoms with Gasteiger partial charge in [-0.05, 0) is 29.8 Å². The predicted molar refractivity (Wildman–Crippen MR) is 95.9 cm³/mol. The van der Waals surface area contributed by atoms with Gasteiger partial charge in [0, 0.05) is 24.9 Å². The highest BCUT2D eigenvalue weighted by Crippen LogP contribution is 2.24. The van der Waals surface area contributed by atoms with Crippen molar-refractivity contribution in [2.45, 2.75) is 13.0 Å². The molecule has 1 fully saturated rings. The average Bonchev–Trinajstić information content (AvgIpc) is 3.00. The quantitative estimate of drug-likeness (QED) is 0.895. The SMILES string of the molecule is CC(=O)NC[C@H]1CN(c2ccc(/C=C/c3cccnc3)c(F)c2)C(=O)O1. The first-order valence-electron chi connectivity index (χ1n) is 8.13. The number of nitrogens with one attached hydrogen (secondary N) is 1. The van der Waals surface area contributed by atoms with Crippen LogP contribution in [0.4, 0.5) is 14.9 Å². The van der Waals surface area contributed by atoms with E-state index in [1.165, 1.54) is 17.9 Å². The van der Waals surface area contributed by atoms with Gasteiger partial charge in [-0.2, -0.15) is 0 Å². The van der Waals surface area contributed by atoms with Crippen molar-refractivity contribution in [2.75, 3.05) is 18.0 Å². The first-order chi connectivity index (χ1) is 12.5. The van der Waals surface area contributed by atoms with E-state index in [0.29, 0.717) is 11.3 Å². The first-order valence-corrected chi connectivity index (χ1v) is 8.13. The summed E-state index contributed by atoms with van der Waals surface area (Å²) in [7, 11) is 0. The highest BCUT2D eigenvalue weighted by molar-refractivity contribution is 5.90. The van der Waals surface area contributed by atoms with Crippen molar-refractivity contribution in [2.24, 2.45) is 0 Å². The van der Waals surface area contributed by atoms with E-state index in [9.17, 15) is 14.0 Å². The fourth-order valence-electron chi connectivity index (χ4n) is 2.58. The van der Waals surface area contributed by atoms with E-state index >= 15 is 0 Å². The zero-order valence-corrected chi connectivity index (χ0v) is 14.2. The van der Waals surface area contributed by atoms with Gasteiger partial charge in [0.1, 0.15) is 11.9 Å². The molecule has 0 radical (unpaired) electrons. The van der Waals surface area contributed by atoms with Crippen LogP contribution in [0.5, 0.6) is 0 Å². The molecule has 26 heavy (non-hydrogen) atoms. The second-order valence-electron chi connectivity index (χ2n) is 5.88. The lowest BCUT2D eigenvalue weighted by atomic mass is 10.1. The van der Waals surface area contributed by atoms with Crippen molar-refractivity contribution in [1.82, 2.24) is 10.3 Å². The minimum absolute atomic E-state index is 0.199. The van der Waals surface area contributed by atoms with Crippen LogP contribution in [0.3, 0.4) is 0 Å². The molecule has 0 unspecified atom stereocenters. The Morgan fingerprint density at radius 1 is 1.42 bits per heavy atom. The van der Waals surface area contributed by atoms with Gasteiger partial charge in [0.2, 0.25) is 5.91 Å². The third-order valence-electron chi connectivity index (χ3n) is 3.89. The van der Waals surface area contributed by atoms with Crippen molar-refractivity contribution in [3.63, 3.8) is 0 Å². The molecule has 3 rings (SSSR count). The Morgan fingerprint density at radius 3 is 2.96 bits per heavy atom. The van der Waals surface area contributed by atoms with Gasteiger partial charge in [-0.1, -0.05) is 18.2 Å². The van der Waals surface area contributed by atoms with E-state index in [1.54, 1.807) is 42.7 Å². The van der Waals surface area contributed by atoms with E-state index in [1.807, 2.05) is 6.07 Å². The Kier molecular flexibility index (Phi) is 5.26. The highest BCUT2D eigenvalue weighted by Gasteiger charge is 2.32. The molecule has 134 valence electrons. The second-order valence-corrected chi connectivity index (χ2v) is 5.88. The second kappa shape index (κ2) is 7.77. The molecule has 1 atom stereocenters. The summed E-state index contributed by atoms with van der Waals surface area (Å²) in [6.07, 6.45) is 5.74. The number of hydrogen-bond donors (Lipinski definition) is 1. The van der Waals surface area contributed by atoms with Crippen LogP contribution in [0.25, 0.3) is 12.2 Å². The van der Waals surface area contributed by atoms with Crippen LogP contribution in [-0.4, -0.2) is 36.2 Å². The average molecular weight is 355 g/mol. The summed E-state index contributed by atoms with van der Waals surface area (Å²) >= 11 is 0. The van der Waals surface area contributed by atoms with Gasteiger partial charge >= 0.3 is 6.09 Å². The standard InChI is InChI=1S/C19H18FN3O3/c1-13(24)22-11-17-12-23(19(25)26-17)16-7-6-15(18(20)9-16)5-4-14-3-2-8-21-10-14/h2-10,17H,11-12H2,1H3,(H,22,24)/b5-4+/t17-/m0/s1. The third kappa shape index (κ3) is 4.24. The van der Waals surface area contributed by atoms with E-state index < -0.39 is 18.0 Å². The normalized spacial score (nSPS) is 16.8. The Hall–Kier alpha value is -3.22. The summed E-state index contributed by atoms with van der Waals surface area (Å²) < 4.78 is 19.6. The number of anilines is 1. The minimum atomic E-state index is -0.557. The summed E-state index contributed by atoms with van der Waals surface area (Å²) in [5.74, 6) is -0.643. The summed E-state index contributed by atoms with van der Waals surface area (Å²) in [6.45, 7) is 1.87. The van der Waals surface area contributed by atoms with Crippen molar-refractivity contribution in [3.8, 4) is 0 Å². The number of halogens is 1. The summed E-state index contributed by atoms with van der Waals surface area (Å²) in [4.78, 5) is 28.3. The Morgan fingerprint density at radius 2 is 2.27 bits per heavy atom. The topological polar surface area (TPSA) is 71.5 Å². The van der Waals surface area contributed by atoms with E-state index in [-0.39, 0.29) is 19.0 Å². The van der Waals surface area contributed by atoms with Gasteiger partial charge in [0.15, 0.2) is 0 Å². The maximum Gasteiger partial charge on any atom is 0.414 e. The van der Waals surface area contributed by atoms with Crippen molar-refractivity contribution < 1.29 is 18.7 Å². The zero-order chi connectivity index (χ0) is 18.5. The number of rotatable bonds is 5. The minimum Gasteiger partial charge on any atom is -0.442 e. The molecule has 1 aliphatic rings. The summed E-state index contributed by atoms with van der Waals surface area (Å²) in [5.41, 5.74) is 1.68. The molecular weight excluding hydrogens is 337 g/mol. The fraction of sp³-hybridized carbons (Fsp3) is 0.211. The summed E-state index contributed by atoms with van der Waals surface area (Å²) in [6, 6.07) is 8.23. The number of aromatic nitrogens is 1. The number of benzene rings is 1. The van der Waals surface area contributed by atoms with Crippen LogP contribution in [0, 0.1) is 5.82 Å². The maximum atomic E-state index is 14.4. The van der Waals surface area contributed by atoms with Crippen LogP contribution in [0.15, 0.2) is 42.7 Å². The first kappa shape index (κ1) is 17.6. The molecule has 0 aliphatic carbocycles. The number of carbonyl (C=O) groups is 2. The maximum absolute atomic E-state index is 14.4. The molecule has 2 amide bonds. The Labute approximate surface area is 150 Å². The van der Waals surface area contributed by atoms with Crippen LogP contribution in [0.1, 0.15) is 18.1 Å². The van der Waals surface area contributed by atoms with E-state index in [0.717, 1.165) is 5.56 Å². The van der Waals surface area contributed by atoms with Gasteiger partial charge in [-0.15, -0.1) is 0 Å². The molecule has 6 nitrogen and oxygen atoms in total. The number of ether oxygens (including phenoxy) is 1. The van der Waals surface area contributed by atoms with Crippen molar-refractivity contribution >= 4 is 29.8 Å². The van der Waals surface area contributed by atoms with Crippen molar-refractivity contribution in [3.05, 3.63) is 59.7 Å². The molecule has 1 aliphatic heterocycles. The number of hydrogen-bond acceptors (Lipinski definition) is 4. The number of pyridine rings is 1. The van der Waals surface area contributed by atoms with E-state index in [2.05, 4.69) is 10.3 Å². The number of amides is 2. The van der Waals surface area contributed by atoms with Crippen molar-refractivity contribution in [1.29, 1.82) is 0 Å². The van der Waals surface area contributed by atoms with Crippen LogP contribution >= 0.6 is 0 Å². The van der Waals surface area contributed by atoms with Crippen LogP contribution in [0.2, 0.25) is 0 Å².